The second kappa shape index (κ2) is 5.79. The Kier molecular flexibility index (Phi) is 4.28. The number of nitrogens with one attached hydrogen (secondary N) is 1. The van der Waals surface area contributed by atoms with E-state index in [9.17, 15) is 4.79 Å². The quantitative estimate of drug-likeness (QED) is 0.656. The number of carbonyl (C=O) groups is 1. The fourth-order valence-corrected chi connectivity index (χ4v) is 2.46. The molecular weight excluding hydrogens is 252 g/mol. The van der Waals surface area contributed by atoms with Crippen LogP contribution in [0.15, 0.2) is 12.1 Å². The van der Waals surface area contributed by atoms with Gasteiger partial charge in [0.15, 0.2) is 0 Å². The Balaban J connectivity index is 2.17. The molecular formula is C15H24N4O. The van der Waals surface area contributed by atoms with Crippen molar-refractivity contribution in [2.75, 3.05) is 18.5 Å². The van der Waals surface area contributed by atoms with Gasteiger partial charge in [-0.2, -0.15) is 0 Å². The van der Waals surface area contributed by atoms with Gasteiger partial charge in [-0.3, -0.25) is 4.79 Å². The third-order valence-corrected chi connectivity index (χ3v) is 4.04. The predicted molar refractivity (Wildman–Crippen MR) is 80.3 cm³/mol. The Hall–Kier alpha value is -1.62. The first-order valence-corrected chi connectivity index (χ1v) is 7.22. The van der Waals surface area contributed by atoms with Gasteiger partial charge in [0, 0.05) is 24.3 Å². The number of rotatable bonds is 3. The van der Waals surface area contributed by atoms with Crippen LogP contribution < -0.4 is 11.3 Å². The zero-order valence-corrected chi connectivity index (χ0v) is 12.6. The number of nitrogens with zero attached hydrogens (tertiary/aromatic N) is 2. The number of likely N-dealkylation sites (tertiary alicyclic amines) is 1. The van der Waals surface area contributed by atoms with Crippen LogP contribution in [0.5, 0.6) is 0 Å². The Labute approximate surface area is 120 Å². The van der Waals surface area contributed by atoms with Gasteiger partial charge >= 0.3 is 0 Å². The van der Waals surface area contributed by atoms with Crippen molar-refractivity contribution >= 4 is 11.7 Å². The molecule has 2 rings (SSSR count). The van der Waals surface area contributed by atoms with Crippen LogP contribution in [0.4, 0.5) is 5.82 Å². The summed E-state index contributed by atoms with van der Waals surface area (Å²) in [5.74, 6) is 6.04. The van der Waals surface area contributed by atoms with Crippen LogP contribution in [-0.2, 0) is 6.42 Å². The first-order chi connectivity index (χ1) is 9.45. The average Bonchev–Trinajstić information content (AvgIpc) is 2.46. The molecule has 20 heavy (non-hydrogen) atoms. The van der Waals surface area contributed by atoms with Crippen molar-refractivity contribution in [1.29, 1.82) is 0 Å². The highest BCUT2D eigenvalue weighted by Gasteiger charge is 2.28. The van der Waals surface area contributed by atoms with Gasteiger partial charge in [0.2, 0.25) is 0 Å². The van der Waals surface area contributed by atoms with Crippen molar-refractivity contribution < 1.29 is 4.79 Å². The molecule has 0 aliphatic carbocycles. The molecule has 1 aromatic rings. The molecule has 1 aromatic heterocycles. The number of amides is 1. The first kappa shape index (κ1) is 14.8. The molecule has 2 heterocycles. The van der Waals surface area contributed by atoms with E-state index in [1.54, 1.807) is 6.07 Å². The Morgan fingerprint density at radius 1 is 1.40 bits per heavy atom. The zero-order chi connectivity index (χ0) is 14.8. The summed E-state index contributed by atoms with van der Waals surface area (Å²) < 4.78 is 0. The van der Waals surface area contributed by atoms with Gasteiger partial charge in [-0.15, -0.1) is 0 Å². The number of anilines is 1. The molecule has 5 nitrogen and oxygen atoms in total. The fraction of sp³-hybridized carbons (Fsp3) is 0.600. The molecule has 0 aromatic carbocycles. The van der Waals surface area contributed by atoms with Gasteiger partial charge < -0.3 is 10.3 Å². The highest BCUT2D eigenvalue weighted by molar-refractivity contribution is 5.95. The predicted octanol–water partition coefficient (Wildman–Crippen LogP) is 2.19. The topological polar surface area (TPSA) is 71.2 Å². The normalized spacial score (nSPS) is 17.9. The number of piperidine rings is 1. The number of nitrogens with two attached hydrogens (primary N) is 1. The van der Waals surface area contributed by atoms with E-state index < -0.39 is 0 Å². The molecule has 1 saturated heterocycles. The van der Waals surface area contributed by atoms with Crippen LogP contribution in [0.1, 0.15) is 49.7 Å². The summed E-state index contributed by atoms with van der Waals surface area (Å²) in [4.78, 5) is 18.8. The van der Waals surface area contributed by atoms with Crippen LogP contribution in [0.2, 0.25) is 0 Å². The van der Waals surface area contributed by atoms with E-state index in [0.717, 1.165) is 38.0 Å². The van der Waals surface area contributed by atoms with Crippen molar-refractivity contribution in [3.63, 3.8) is 0 Å². The number of carbonyl (C=O) groups excluding carboxylic acids is 1. The maximum atomic E-state index is 12.6. The molecule has 3 N–H and O–H groups in total. The highest BCUT2D eigenvalue weighted by Crippen LogP contribution is 2.30. The minimum Gasteiger partial charge on any atom is -0.339 e. The molecule has 0 spiro atoms. The van der Waals surface area contributed by atoms with Gasteiger partial charge in [0.1, 0.15) is 5.82 Å². The van der Waals surface area contributed by atoms with E-state index >= 15 is 0 Å². The lowest BCUT2D eigenvalue weighted by atomic mass is 9.82. The summed E-state index contributed by atoms with van der Waals surface area (Å²) in [6.45, 7) is 8.17. The third kappa shape index (κ3) is 3.28. The first-order valence-electron chi connectivity index (χ1n) is 7.22. The van der Waals surface area contributed by atoms with Gasteiger partial charge in [0.05, 0.1) is 0 Å². The van der Waals surface area contributed by atoms with Crippen LogP contribution >= 0.6 is 0 Å². The summed E-state index contributed by atoms with van der Waals surface area (Å²) >= 11 is 0. The molecule has 0 radical (unpaired) electrons. The van der Waals surface area contributed by atoms with Gasteiger partial charge in [-0.1, -0.05) is 20.8 Å². The molecule has 1 amide bonds. The van der Waals surface area contributed by atoms with E-state index in [0.29, 0.717) is 16.8 Å². The minimum atomic E-state index is 0.0779. The summed E-state index contributed by atoms with van der Waals surface area (Å²) in [5, 5.41) is 0. The molecule has 1 fully saturated rings. The van der Waals surface area contributed by atoms with Crippen molar-refractivity contribution in [2.45, 2.75) is 40.0 Å². The van der Waals surface area contributed by atoms with E-state index in [2.05, 4.69) is 24.3 Å². The zero-order valence-electron chi connectivity index (χ0n) is 12.6. The minimum absolute atomic E-state index is 0.0779. The van der Waals surface area contributed by atoms with Crippen LogP contribution in [0.3, 0.4) is 0 Å². The van der Waals surface area contributed by atoms with E-state index in [-0.39, 0.29) is 5.91 Å². The van der Waals surface area contributed by atoms with Crippen molar-refractivity contribution in [2.24, 2.45) is 11.3 Å². The van der Waals surface area contributed by atoms with Crippen molar-refractivity contribution in [1.82, 2.24) is 9.88 Å². The molecule has 0 unspecified atom stereocenters. The number of aryl methyl sites for hydroxylation is 1. The van der Waals surface area contributed by atoms with Gasteiger partial charge in [-0.05, 0) is 36.8 Å². The molecule has 0 bridgehead atoms. The number of hydrazine groups is 1. The van der Waals surface area contributed by atoms with E-state index in [1.165, 1.54) is 0 Å². The molecule has 1 aliphatic heterocycles. The lowest BCUT2D eigenvalue weighted by molar-refractivity contribution is 0.0630. The average molecular weight is 276 g/mol. The SMILES string of the molecule is CCc1cc(C(=O)N2CCC(C)(C)CC2)cc(NN)n1. The monoisotopic (exact) mass is 276 g/mol. The molecule has 110 valence electrons. The number of hydrogen-bond donors (Lipinski definition) is 2. The summed E-state index contributed by atoms with van der Waals surface area (Å²) in [6.07, 6.45) is 2.88. The smallest absolute Gasteiger partial charge is 0.254 e. The fourth-order valence-electron chi connectivity index (χ4n) is 2.46. The number of nitrogen functional groups attached to an aromatic ring is 1. The van der Waals surface area contributed by atoms with Crippen molar-refractivity contribution in [3.8, 4) is 0 Å². The second-order valence-corrected chi connectivity index (χ2v) is 6.19. The van der Waals surface area contributed by atoms with Crippen LogP contribution in [-0.4, -0.2) is 28.9 Å². The van der Waals surface area contributed by atoms with Crippen molar-refractivity contribution in [3.05, 3.63) is 23.4 Å². The number of aromatic nitrogens is 1. The lowest BCUT2D eigenvalue weighted by Gasteiger charge is -2.37. The summed E-state index contributed by atoms with van der Waals surface area (Å²) in [7, 11) is 0. The Morgan fingerprint density at radius 2 is 2.05 bits per heavy atom. The molecule has 0 atom stereocenters. The maximum Gasteiger partial charge on any atom is 0.254 e. The van der Waals surface area contributed by atoms with Crippen LogP contribution in [0, 0.1) is 5.41 Å². The summed E-state index contributed by atoms with van der Waals surface area (Å²) in [5.41, 5.74) is 4.42. The Bertz CT molecular complexity index is 466. The standard InChI is InChI=1S/C15H24N4O/c1-4-12-9-11(10-13(17-12)18-16)14(20)19-7-5-15(2,3)6-8-19/h9-10H,4-8,16H2,1-3H3,(H,17,18). The molecule has 5 heteroatoms. The summed E-state index contributed by atoms with van der Waals surface area (Å²) in [6, 6.07) is 3.59. The van der Waals surface area contributed by atoms with E-state index in [4.69, 9.17) is 5.84 Å². The largest absolute Gasteiger partial charge is 0.339 e. The molecule has 0 saturated carbocycles. The highest BCUT2D eigenvalue weighted by atomic mass is 16.2. The third-order valence-electron chi connectivity index (χ3n) is 4.04. The van der Waals surface area contributed by atoms with Gasteiger partial charge in [-0.25, -0.2) is 10.8 Å². The Morgan fingerprint density at radius 3 is 2.60 bits per heavy atom. The molecule has 1 aliphatic rings. The number of pyridine rings is 1. The maximum absolute atomic E-state index is 12.6. The lowest BCUT2D eigenvalue weighted by Crippen LogP contribution is -2.41. The van der Waals surface area contributed by atoms with Crippen LogP contribution in [0.25, 0.3) is 0 Å². The van der Waals surface area contributed by atoms with E-state index in [1.807, 2.05) is 17.9 Å². The second-order valence-electron chi connectivity index (χ2n) is 6.19. The van der Waals surface area contributed by atoms with Gasteiger partial charge in [0.25, 0.3) is 5.91 Å². The number of hydrogen-bond acceptors (Lipinski definition) is 4.